The third-order valence-electron chi connectivity index (χ3n) is 6.10. The Morgan fingerprint density at radius 1 is 1.28 bits per heavy atom. The van der Waals surface area contributed by atoms with Crippen molar-refractivity contribution in [1.82, 2.24) is 29.5 Å². The highest BCUT2D eigenvalue weighted by molar-refractivity contribution is 9.10. The van der Waals surface area contributed by atoms with E-state index in [2.05, 4.69) is 31.3 Å². The number of nitrogens with zero attached hydrogens (tertiary/aromatic N) is 6. The molecule has 0 aromatic carbocycles. The van der Waals surface area contributed by atoms with Crippen LogP contribution in [0.3, 0.4) is 0 Å². The number of fused-ring (bicyclic) bond motifs is 2. The maximum atomic E-state index is 6.07. The number of hydrogen-bond donors (Lipinski definition) is 1. The van der Waals surface area contributed by atoms with Crippen molar-refractivity contribution in [3.05, 3.63) is 16.5 Å². The molecule has 2 bridgehead atoms. The average Bonchev–Trinajstić information content (AvgIpc) is 3.29. The summed E-state index contributed by atoms with van der Waals surface area (Å²) in [6.07, 6.45) is 6.89. The Bertz CT molecular complexity index is 1100. The molecule has 2 fully saturated rings. The van der Waals surface area contributed by atoms with Crippen LogP contribution in [0.5, 0.6) is 5.88 Å². The lowest BCUT2D eigenvalue weighted by atomic mass is 10.0. The third-order valence-corrected chi connectivity index (χ3v) is 6.86. The summed E-state index contributed by atoms with van der Waals surface area (Å²) in [4.78, 5) is 9.21. The summed E-state index contributed by atoms with van der Waals surface area (Å²) in [7, 11) is 0. The van der Waals surface area contributed by atoms with E-state index in [9.17, 15) is 0 Å². The van der Waals surface area contributed by atoms with Crippen molar-refractivity contribution in [2.75, 3.05) is 18.5 Å². The third kappa shape index (κ3) is 2.92. The molecule has 1 saturated carbocycles. The van der Waals surface area contributed by atoms with Gasteiger partial charge in [-0.25, -0.2) is 14.3 Å². The summed E-state index contributed by atoms with van der Waals surface area (Å²) in [5.41, 5.74) is 2.62. The Kier molecular flexibility index (Phi) is 3.89. The Labute approximate surface area is 175 Å². The van der Waals surface area contributed by atoms with E-state index in [4.69, 9.17) is 19.6 Å². The van der Waals surface area contributed by atoms with Crippen LogP contribution >= 0.6 is 15.9 Å². The van der Waals surface area contributed by atoms with Gasteiger partial charge in [0.05, 0.1) is 29.3 Å². The molecule has 152 valence electrons. The molecule has 10 heteroatoms. The zero-order valence-electron chi connectivity index (χ0n) is 16.2. The van der Waals surface area contributed by atoms with Gasteiger partial charge in [-0.2, -0.15) is 10.1 Å². The monoisotopic (exact) mass is 459 g/mol. The first-order valence-electron chi connectivity index (χ1n) is 10.1. The summed E-state index contributed by atoms with van der Waals surface area (Å²) in [5, 5.41) is 13.7. The minimum atomic E-state index is 0.0775. The average molecular weight is 460 g/mol. The van der Waals surface area contributed by atoms with E-state index in [1.807, 2.05) is 22.5 Å². The molecule has 1 N–H and O–H groups in total. The Morgan fingerprint density at radius 2 is 2.17 bits per heavy atom. The van der Waals surface area contributed by atoms with Gasteiger partial charge >= 0.3 is 0 Å². The van der Waals surface area contributed by atoms with Gasteiger partial charge in [0.15, 0.2) is 5.65 Å². The lowest BCUT2D eigenvalue weighted by Gasteiger charge is -2.30. The van der Waals surface area contributed by atoms with Gasteiger partial charge in [0.25, 0.3) is 5.88 Å². The maximum Gasteiger partial charge on any atom is 0.258 e. The molecule has 1 atom stereocenters. The highest BCUT2D eigenvalue weighted by atomic mass is 79.9. The molecule has 1 saturated heterocycles. The molecule has 29 heavy (non-hydrogen) atoms. The van der Waals surface area contributed by atoms with Crippen molar-refractivity contribution in [3.63, 3.8) is 0 Å². The van der Waals surface area contributed by atoms with Crippen LogP contribution in [0.25, 0.3) is 11.0 Å². The van der Waals surface area contributed by atoms with E-state index in [-0.39, 0.29) is 5.60 Å². The highest BCUT2D eigenvalue weighted by Gasteiger charge is 2.48. The van der Waals surface area contributed by atoms with E-state index in [0.29, 0.717) is 24.5 Å². The van der Waals surface area contributed by atoms with Crippen LogP contribution in [0.15, 0.2) is 10.8 Å². The molecule has 3 aromatic heterocycles. The molecule has 9 nitrogen and oxygen atoms in total. The smallest absolute Gasteiger partial charge is 0.258 e. The summed E-state index contributed by atoms with van der Waals surface area (Å²) in [6.45, 7) is 4.05. The van der Waals surface area contributed by atoms with E-state index < -0.39 is 0 Å². The van der Waals surface area contributed by atoms with Crippen LogP contribution in [0.1, 0.15) is 43.8 Å². The molecule has 2 aliphatic heterocycles. The number of halogens is 1. The fraction of sp³-hybridized carbons (Fsp3) is 0.579. The highest BCUT2D eigenvalue weighted by Crippen LogP contribution is 2.50. The number of hydrogen-bond acceptors (Lipinski definition) is 7. The Balaban J connectivity index is 1.40. The van der Waals surface area contributed by atoms with Crippen LogP contribution < -0.4 is 10.1 Å². The summed E-state index contributed by atoms with van der Waals surface area (Å²) in [6, 6.07) is 0.291. The van der Waals surface area contributed by atoms with Gasteiger partial charge in [0.2, 0.25) is 5.95 Å². The Morgan fingerprint density at radius 3 is 3.03 bits per heavy atom. The van der Waals surface area contributed by atoms with Crippen LogP contribution in [0, 0.1) is 6.92 Å². The molecule has 3 aromatic rings. The molecule has 6 rings (SSSR count). The number of nitrogens with one attached hydrogen (secondary N) is 1. The fourth-order valence-corrected chi connectivity index (χ4v) is 5.00. The largest absolute Gasteiger partial charge is 0.475 e. The van der Waals surface area contributed by atoms with Crippen molar-refractivity contribution in [1.29, 1.82) is 0 Å². The predicted molar refractivity (Wildman–Crippen MR) is 110 cm³/mol. The fourth-order valence-electron chi connectivity index (χ4n) is 4.36. The number of ether oxygens (including phenoxy) is 2. The number of aryl methyl sites for hydroxylation is 2. The zero-order chi connectivity index (χ0) is 19.6. The normalized spacial score (nSPS) is 22.8. The van der Waals surface area contributed by atoms with Crippen molar-refractivity contribution in [3.8, 4) is 5.88 Å². The van der Waals surface area contributed by atoms with Gasteiger partial charge in [-0.1, -0.05) is 0 Å². The van der Waals surface area contributed by atoms with Crippen molar-refractivity contribution in [2.24, 2.45) is 0 Å². The molecular weight excluding hydrogens is 438 g/mol. The predicted octanol–water partition coefficient (Wildman–Crippen LogP) is 3.50. The van der Waals surface area contributed by atoms with Gasteiger partial charge in [0.1, 0.15) is 10.3 Å². The topological polar surface area (TPSA) is 91.9 Å². The lowest BCUT2D eigenvalue weighted by Crippen LogP contribution is -2.29. The van der Waals surface area contributed by atoms with E-state index in [0.717, 1.165) is 72.3 Å². The van der Waals surface area contributed by atoms with Gasteiger partial charge in [0, 0.05) is 25.8 Å². The molecule has 0 amide bonds. The summed E-state index contributed by atoms with van der Waals surface area (Å²) >= 11 is 3.76. The molecule has 3 aliphatic rings. The molecular formula is C19H22BrN7O2. The molecule has 0 radical (unpaired) electrons. The van der Waals surface area contributed by atoms with Gasteiger partial charge in [-0.15, -0.1) is 5.10 Å². The van der Waals surface area contributed by atoms with Gasteiger partial charge in [-0.3, -0.25) is 0 Å². The van der Waals surface area contributed by atoms with Crippen molar-refractivity contribution < 1.29 is 9.47 Å². The van der Waals surface area contributed by atoms with Crippen LogP contribution in [0.4, 0.5) is 11.6 Å². The van der Waals surface area contributed by atoms with E-state index >= 15 is 0 Å². The van der Waals surface area contributed by atoms with Crippen LogP contribution in [-0.4, -0.2) is 48.3 Å². The first kappa shape index (κ1) is 17.6. The standard InChI is InChI=1S/C19H22BrN7O2/c1-11-13-10-21-18-22-14-15(20)27(12-3-8-29-19(9-12)4-5-19)25-17(14)28-7-2-6-26(24-11)16(13)23-18/h10,12H,2-9H2,1H3,(H,21,22,23). The minimum absolute atomic E-state index is 0.0775. The molecule has 1 aliphatic carbocycles. The number of rotatable bonds is 1. The molecule has 1 unspecified atom stereocenters. The van der Waals surface area contributed by atoms with Gasteiger partial charge < -0.3 is 14.8 Å². The molecule has 5 heterocycles. The summed E-state index contributed by atoms with van der Waals surface area (Å²) < 4.78 is 16.9. The maximum absolute atomic E-state index is 6.07. The first-order valence-corrected chi connectivity index (χ1v) is 10.9. The minimum Gasteiger partial charge on any atom is -0.475 e. The Hall–Kier alpha value is -2.20. The first-order chi connectivity index (χ1) is 14.1. The van der Waals surface area contributed by atoms with Crippen molar-refractivity contribution >= 4 is 38.6 Å². The van der Waals surface area contributed by atoms with Crippen LogP contribution in [-0.2, 0) is 11.3 Å². The number of aromatic nitrogens is 6. The zero-order valence-corrected chi connectivity index (χ0v) is 17.8. The summed E-state index contributed by atoms with van der Waals surface area (Å²) in [5.74, 6) is 1.09. The quantitative estimate of drug-likeness (QED) is 0.594. The van der Waals surface area contributed by atoms with Crippen molar-refractivity contribution in [2.45, 2.75) is 57.2 Å². The number of anilines is 2. The van der Waals surface area contributed by atoms with E-state index in [1.165, 1.54) is 0 Å². The van der Waals surface area contributed by atoms with E-state index in [1.54, 1.807) is 0 Å². The van der Waals surface area contributed by atoms with Crippen LogP contribution in [0.2, 0.25) is 0 Å². The second-order valence-corrected chi connectivity index (χ2v) is 8.91. The van der Waals surface area contributed by atoms with Gasteiger partial charge in [-0.05, 0) is 48.5 Å². The second kappa shape index (κ2) is 6.40. The molecule has 1 spiro atoms. The lowest BCUT2D eigenvalue weighted by molar-refractivity contribution is -0.0274. The second-order valence-electron chi connectivity index (χ2n) is 8.16. The SMILES string of the molecule is Cc1nn2c3nc(ncc13)Nc1c(nn(C3CCOC4(CC4)C3)c1Br)OCCC2.